The maximum Gasteiger partial charge on any atom is 0.328 e. The van der Waals surface area contributed by atoms with E-state index in [1.54, 1.807) is 0 Å². The number of hydrogen-bond donors (Lipinski definition) is 2. The zero-order valence-corrected chi connectivity index (χ0v) is 11.7. The second-order valence-electron chi connectivity index (χ2n) is 4.71. The summed E-state index contributed by atoms with van der Waals surface area (Å²) in [5.41, 5.74) is 3.56. The molecule has 2 N–H and O–H groups in total. The van der Waals surface area contributed by atoms with Gasteiger partial charge in [0.05, 0.1) is 5.69 Å². The Balaban J connectivity index is 2.29. The van der Waals surface area contributed by atoms with Gasteiger partial charge >= 0.3 is 5.97 Å². The summed E-state index contributed by atoms with van der Waals surface area (Å²) in [5, 5.41) is 8.64. The van der Waals surface area contributed by atoms with Crippen LogP contribution in [0, 0.1) is 6.92 Å². The van der Waals surface area contributed by atoms with Crippen molar-refractivity contribution < 1.29 is 9.90 Å². The zero-order valence-electron chi connectivity index (χ0n) is 11.7. The highest BCUT2D eigenvalue weighted by Gasteiger charge is 2.07. The number of carbonyl (C=O) groups is 1. The number of nitrogens with zero attached hydrogens (tertiary/aromatic N) is 2. The van der Waals surface area contributed by atoms with Gasteiger partial charge in [-0.2, -0.15) is 0 Å². The Morgan fingerprint density at radius 3 is 2.50 bits per heavy atom. The summed E-state index contributed by atoms with van der Waals surface area (Å²) in [6.45, 7) is 1.87. The Morgan fingerprint density at radius 1 is 1.30 bits per heavy atom. The summed E-state index contributed by atoms with van der Waals surface area (Å²) in [4.78, 5) is 20.1. The lowest BCUT2D eigenvalue weighted by Crippen LogP contribution is -2.07. The quantitative estimate of drug-likeness (QED) is 0.838. The molecule has 0 atom stereocenters. The largest absolute Gasteiger partial charge is 0.478 e. The second kappa shape index (κ2) is 5.61. The van der Waals surface area contributed by atoms with Crippen LogP contribution < -0.4 is 4.90 Å². The molecule has 104 valence electrons. The Bertz CT molecular complexity index is 640. The average Bonchev–Trinajstić information content (AvgIpc) is 2.78. The first-order valence-corrected chi connectivity index (χ1v) is 6.23. The van der Waals surface area contributed by atoms with Gasteiger partial charge in [-0.1, -0.05) is 0 Å². The molecule has 1 heterocycles. The summed E-state index contributed by atoms with van der Waals surface area (Å²) in [5.74, 6) is -0.248. The van der Waals surface area contributed by atoms with Crippen LogP contribution in [0.25, 0.3) is 17.5 Å². The van der Waals surface area contributed by atoms with E-state index in [1.807, 2.05) is 50.2 Å². The molecule has 2 aromatic rings. The fourth-order valence-electron chi connectivity index (χ4n) is 1.84. The summed E-state index contributed by atoms with van der Waals surface area (Å²) >= 11 is 0. The summed E-state index contributed by atoms with van der Waals surface area (Å²) < 4.78 is 0. The molecular formula is C15H17N3O2. The van der Waals surface area contributed by atoms with Crippen molar-refractivity contribution in [3.8, 4) is 11.4 Å². The van der Waals surface area contributed by atoms with Gasteiger partial charge in [0.25, 0.3) is 0 Å². The number of anilines is 1. The second-order valence-corrected chi connectivity index (χ2v) is 4.71. The first kappa shape index (κ1) is 13.9. The highest BCUT2D eigenvalue weighted by atomic mass is 16.4. The lowest BCUT2D eigenvalue weighted by molar-refractivity contribution is -0.131. The van der Waals surface area contributed by atoms with E-state index in [-0.39, 0.29) is 0 Å². The Morgan fingerprint density at radius 2 is 1.95 bits per heavy atom. The van der Waals surface area contributed by atoms with Crippen molar-refractivity contribution in [2.24, 2.45) is 0 Å². The normalized spacial score (nSPS) is 10.9. The zero-order chi connectivity index (χ0) is 14.7. The van der Waals surface area contributed by atoms with Crippen LogP contribution in [0.5, 0.6) is 0 Å². The molecule has 20 heavy (non-hydrogen) atoms. The van der Waals surface area contributed by atoms with E-state index in [1.165, 1.54) is 6.08 Å². The van der Waals surface area contributed by atoms with Crippen LogP contribution >= 0.6 is 0 Å². The molecule has 1 aromatic heterocycles. The number of aromatic amines is 1. The number of hydrogen-bond acceptors (Lipinski definition) is 3. The molecule has 0 radical (unpaired) electrons. The van der Waals surface area contributed by atoms with Gasteiger partial charge in [-0.25, -0.2) is 9.78 Å². The summed E-state index contributed by atoms with van der Waals surface area (Å²) in [6.07, 6.45) is 2.58. The number of aryl methyl sites for hydroxylation is 1. The van der Waals surface area contributed by atoms with Crippen LogP contribution in [0.1, 0.15) is 11.4 Å². The number of imidazole rings is 1. The SMILES string of the molecule is Cc1[nH]c(-c2ccc(N(C)C)cc2)nc1/C=C/C(=O)O. The number of nitrogens with one attached hydrogen (secondary N) is 1. The lowest BCUT2D eigenvalue weighted by Gasteiger charge is -2.12. The molecule has 2 rings (SSSR count). The third-order valence-electron chi connectivity index (χ3n) is 2.96. The third kappa shape index (κ3) is 3.06. The van der Waals surface area contributed by atoms with E-state index in [4.69, 9.17) is 5.11 Å². The molecule has 0 spiro atoms. The predicted molar refractivity (Wildman–Crippen MR) is 79.8 cm³/mol. The van der Waals surface area contributed by atoms with Gasteiger partial charge in [0, 0.05) is 37.1 Å². The molecule has 0 aliphatic carbocycles. The molecule has 0 fully saturated rings. The van der Waals surface area contributed by atoms with E-state index in [0.717, 1.165) is 28.8 Å². The van der Waals surface area contributed by atoms with Gasteiger partial charge in [0.2, 0.25) is 0 Å². The van der Waals surface area contributed by atoms with Gasteiger partial charge in [0.1, 0.15) is 5.82 Å². The van der Waals surface area contributed by atoms with E-state index < -0.39 is 5.97 Å². The maximum absolute atomic E-state index is 10.5. The number of carboxylic acid groups (broad SMARTS) is 1. The molecule has 0 bridgehead atoms. The standard InChI is InChI=1S/C15H17N3O2/c1-10-13(8-9-14(19)20)17-15(16-10)11-4-6-12(7-5-11)18(2)3/h4-9H,1-3H3,(H,16,17)(H,19,20)/b9-8+. The predicted octanol–water partition coefficient (Wildman–Crippen LogP) is 2.55. The van der Waals surface area contributed by atoms with Crippen LogP contribution in [-0.4, -0.2) is 35.1 Å². The van der Waals surface area contributed by atoms with Gasteiger partial charge < -0.3 is 15.0 Å². The Kier molecular flexibility index (Phi) is 3.89. The molecular weight excluding hydrogens is 254 g/mol. The fraction of sp³-hybridized carbons (Fsp3) is 0.200. The van der Waals surface area contributed by atoms with Crippen molar-refractivity contribution in [3.63, 3.8) is 0 Å². The minimum absolute atomic E-state index is 0.638. The van der Waals surface area contributed by atoms with Crippen LogP contribution in [0.15, 0.2) is 30.3 Å². The first-order valence-electron chi connectivity index (χ1n) is 6.23. The van der Waals surface area contributed by atoms with Gasteiger partial charge in [-0.05, 0) is 37.3 Å². The molecule has 0 amide bonds. The van der Waals surface area contributed by atoms with Crippen LogP contribution in [0.4, 0.5) is 5.69 Å². The minimum Gasteiger partial charge on any atom is -0.478 e. The van der Waals surface area contributed by atoms with Gasteiger partial charge in [-0.3, -0.25) is 0 Å². The topological polar surface area (TPSA) is 69.2 Å². The number of rotatable bonds is 4. The molecule has 0 aliphatic heterocycles. The molecule has 0 saturated heterocycles. The van der Waals surface area contributed by atoms with E-state index in [9.17, 15) is 4.79 Å². The average molecular weight is 271 g/mol. The summed E-state index contributed by atoms with van der Waals surface area (Å²) in [7, 11) is 3.97. The molecule has 0 unspecified atom stereocenters. The van der Waals surface area contributed by atoms with Crippen molar-refractivity contribution >= 4 is 17.7 Å². The molecule has 5 heteroatoms. The van der Waals surface area contributed by atoms with Crippen LogP contribution in [0.3, 0.4) is 0 Å². The van der Waals surface area contributed by atoms with E-state index in [2.05, 4.69) is 9.97 Å². The van der Waals surface area contributed by atoms with E-state index in [0.29, 0.717) is 5.69 Å². The van der Waals surface area contributed by atoms with Crippen molar-refractivity contribution in [1.29, 1.82) is 0 Å². The highest BCUT2D eigenvalue weighted by Crippen LogP contribution is 2.21. The monoisotopic (exact) mass is 271 g/mol. The van der Waals surface area contributed by atoms with Gasteiger partial charge in [-0.15, -0.1) is 0 Å². The number of aromatic nitrogens is 2. The molecule has 5 nitrogen and oxygen atoms in total. The first-order chi connectivity index (χ1) is 9.47. The van der Waals surface area contributed by atoms with Crippen molar-refractivity contribution in [3.05, 3.63) is 41.7 Å². The van der Waals surface area contributed by atoms with Crippen LogP contribution in [0.2, 0.25) is 0 Å². The number of benzene rings is 1. The van der Waals surface area contributed by atoms with Crippen LogP contribution in [-0.2, 0) is 4.79 Å². The Hall–Kier alpha value is -2.56. The minimum atomic E-state index is -0.982. The van der Waals surface area contributed by atoms with Crippen molar-refractivity contribution in [2.45, 2.75) is 6.92 Å². The molecule has 0 saturated carbocycles. The number of carboxylic acids is 1. The van der Waals surface area contributed by atoms with Gasteiger partial charge in [0.15, 0.2) is 0 Å². The highest BCUT2D eigenvalue weighted by molar-refractivity contribution is 5.85. The number of H-pyrrole nitrogens is 1. The molecule has 0 aliphatic rings. The maximum atomic E-state index is 10.5. The summed E-state index contributed by atoms with van der Waals surface area (Å²) in [6, 6.07) is 8.00. The van der Waals surface area contributed by atoms with Crippen molar-refractivity contribution in [2.75, 3.05) is 19.0 Å². The fourth-order valence-corrected chi connectivity index (χ4v) is 1.84. The van der Waals surface area contributed by atoms with E-state index >= 15 is 0 Å². The lowest BCUT2D eigenvalue weighted by atomic mass is 10.2. The Labute approximate surface area is 117 Å². The number of aliphatic carboxylic acids is 1. The smallest absolute Gasteiger partial charge is 0.328 e. The third-order valence-corrected chi connectivity index (χ3v) is 2.96. The van der Waals surface area contributed by atoms with Crippen molar-refractivity contribution in [1.82, 2.24) is 9.97 Å². The molecule has 1 aromatic carbocycles.